The lowest BCUT2D eigenvalue weighted by molar-refractivity contribution is 0.326. The van der Waals surface area contributed by atoms with Crippen molar-refractivity contribution in [3.05, 3.63) is 29.8 Å². The van der Waals surface area contributed by atoms with E-state index in [9.17, 15) is 0 Å². The zero-order valence-electron chi connectivity index (χ0n) is 13.2. The second kappa shape index (κ2) is 7.68. The largest absolute Gasteiger partial charge is 0.497 e. The Kier molecular flexibility index (Phi) is 5.90. The van der Waals surface area contributed by atoms with E-state index in [0.29, 0.717) is 12.1 Å². The maximum Gasteiger partial charge on any atom is 0.118 e. The Hall–Kier alpha value is -1.02. The van der Waals surface area contributed by atoms with E-state index in [2.05, 4.69) is 43.4 Å². The molecule has 0 aliphatic heterocycles. The van der Waals surface area contributed by atoms with Gasteiger partial charge >= 0.3 is 0 Å². The van der Waals surface area contributed by atoms with Crippen LogP contribution in [0.1, 0.15) is 51.5 Å². The molecule has 2 nitrogen and oxygen atoms in total. The summed E-state index contributed by atoms with van der Waals surface area (Å²) in [6.45, 7) is 4.71. The van der Waals surface area contributed by atoms with E-state index in [-0.39, 0.29) is 0 Å². The van der Waals surface area contributed by atoms with E-state index < -0.39 is 0 Å². The lowest BCUT2D eigenvalue weighted by Gasteiger charge is -2.27. The molecular formula is C18H29NO. The molecule has 1 N–H and O–H groups in total. The monoisotopic (exact) mass is 275 g/mol. The Morgan fingerprint density at radius 2 is 1.85 bits per heavy atom. The van der Waals surface area contributed by atoms with Gasteiger partial charge in [-0.15, -0.1) is 0 Å². The summed E-state index contributed by atoms with van der Waals surface area (Å²) < 4.78 is 5.21. The lowest BCUT2D eigenvalue weighted by Crippen LogP contribution is -2.41. The van der Waals surface area contributed by atoms with Gasteiger partial charge in [-0.05, 0) is 49.8 Å². The van der Waals surface area contributed by atoms with Gasteiger partial charge in [0, 0.05) is 12.1 Å². The summed E-state index contributed by atoms with van der Waals surface area (Å²) in [5.41, 5.74) is 1.38. The van der Waals surface area contributed by atoms with Crippen molar-refractivity contribution in [3.8, 4) is 5.75 Å². The molecule has 0 bridgehead atoms. The average Bonchev–Trinajstić information content (AvgIpc) is 2.65. The van der Waals surface area contributed by atoms with Gasteiger partial charge in [-0.3, -0.25) is 0 Å². The molecule has 0 aromatic heterocycles. The number of rotatable bonds is 5. The third-order valence-electron chi connectivity index (χ3n) is 4.56. The minimum Gasteiger partial charge on any atom is -0.497 e. The molecule has 1 saturated carbocycles. The zero-order chi connectivity index (χ0) is 14.4. The van der Waals surface area contributed by atoms with Crippen molar-refractivity contribution < 1.29 is 4.74 Å². The predicted octanol–water partition coefficient (Wildman–Crippen LogP) is 4.18. The quantitative estimate of drug-likeness (QED) is 0.814. The molecule has 112 valence electrons. The van der Waals surface area contributed by atoms with Crippen molar-refractivity contribution in [3.63, 3.8) is 0 Å². The minimum absolute atomic E-state index is 0.536. The average molecular weight is 275 g/mol. The number of hydrogen-bond acceptors (Lipinski definition) is 2. The van der Waals surface area contributed by atoms with Gasteiger partial charge in [0.15, 0.2) is 0 Å². The lowest BCUT2D eigenvalue weighted by atomic mass is 9.95. The smallest absolute Gasteiger partial charge is 0.118 e. The van der Waals surface area contributed by atoms with Crippen molar-refractivity contribution in [1.82, 2.24) is 5.32 Å². The number of methoxy groups -OCH3 is 1. The van der Waals surface area contributed by atoms with E-state index in [4.69, 9.17) is 4.74 Å². The molecule has 2 heteroatoms. The van der Waals surface area contributed by atoms with Crippen LogP contribution in [-0.2, 0) is 6.42 Å². The van der Waals surface area contributed by atoms with Crippen LogP contribution in [-0.4, -0.2) is 19.2 Å². The molecule has 0 heterocycles. The summed E-state index contributed by atoms with van der Waals surface area (Å²) in [6.07, 6.45) is 8.02. The first-order valence-electron chi connectivity index (χ1n) is 8.08. The third-order valence-corrected chi connectivity index (χ3v) is 4.56. The van der Waals surface area contributed by atoms with Crippen molar-refractivity contribution in [2.75, 3.05) is 7.11 Å². The van der Waals surface area contributed by atoms with E-state index in [1.807, 2.05) is 0 Å². The Morgan fingerprint density at radius 1 is 1.15 bits per heavy atom. The molecule has 0 spiro atoms. The molecule has 20 heavy (non-hydrogen) atoms. The van der Waals surface area contributed by atoms with Gasteiger partial charge < -0.3 is 10.1 Å². The summed E-state index contributed by atoms with van der Waals surface area (Å²) in [5, 5.41) is 3.85. The standard InChI is InChI=1S/C18H29NO/c1-14-7-5-4-6-8-18(14)19-15(2)13-16-9-11-17(20-3)12-10-16/h9-12,14-15,18-19H,4-8,13H2,1-3H3. The Labute approximate surface area is 123 Å². The van der Waals surface area contributed by atoms with Crippen LogP contribution >= 0.6 is 0 Å². The van der Waals surface area contributed by atoms with Crippen molar-refractivity contribution in [2.24, 2.45) is 5.92 Å². The van der Waals surface area contributed by atoms with Crippen LogP contribution in [0.5, 0.6) is 5.75 Å². The SMILES string of the molecule is COc1ccc(CC(C)NC2CCCCCC2C)cc1. The molecule has 0 amide bonds. The molecule has 1 aliphatic rings. The van der Waals surface area contributed by atoms with Crippen LogP contribution in [0.4, 0.5) is 0 Å². The highest BCUT2D eigenvalue weighted by Crippen LogP contribution is 2.23. The number of ether oxygens (including phenoxy) is 1. The highest BCUT2D eigenvalue weighted by atomic mass is 16.5. The molecule has 1 aromatic carbocycles. The molecule has 0 radical (unpaired) electrons. The summed E-state index contributed by atoms with van der Waals surface area (Å²) in [7, 11) is 1.71. The van der Waals surface area contributed by atoms with Gasteiger partial charge in [0.2, 0.25) is 0 Å². The number of hydrogen-bond donors (Lipinski definition) is 1. The molecule has 1 fully saturated rings. The summed E-state index contributed by atoms with van der Waals surface area (Å²) in [5.74, 6) is 1.75. The molecule has 3 atom stereocenters. The molecule has 0 saturated heterocycles. The Balaban J connectivity index is 1.85. The summed E-state index contributed by atoms with van der Waals surface area (Å²) in [4.78, 5) is 0. The minimum atomic E-state index is 0.536. The van der Waals surface area contributed by atoms with E-state index >= 15 is 0 Å². The highest BCUT2D eigenvalue weighted by Gasteiger charge is 2.21. The van der Waals surface area contributed by atoms with E-state index in [1.54, 1.807) is 7.11 Å². The first-order chi connectivity index (χ1) is 9.69. The van der Waals surface area contributed by atoms with Crippen LogP contribution in [0.15, 0.2) is 24.3 Å². The summed E-state index contributed by atoms with van der Waals surface area (Å²) in [6, 6.07) is 9.69. The van der Waals surface area contributed by atoms with Gasteiger partial charge in [0.25, 0.3) is 0 Å². The molecule has 2 rings (SSSR count). The normalized spacial score (nSPS) is 24.9. The Bertz CT molecular complexity index is 387. The number of nitrogens with one attached hydrogen (secondary N) is 1. The number of benzene rings is 1. The van der Waals surface area contributed by atoms with Gasteiger partial charge in [-0.2, -0.15) is 0 Å². The third kappa shape index (κ3) is 4.52. The molecular weight excluding hydrogens is 246 g/mol. The van der Waals surface area contributed by atoms with Crippen LogP contribution in [0.3, 0.4) is 0 Å². The second-order valence-corrected chi connectivity index (χ2v) is 6.34. The van der Waals surface area contributed by atoms with Crippen molar-refractivity contribution in [2.45, 2.75) is 64.5 Å². The maximum atomic E-state index is 5.21. The van der Waals surface area contributed by atoms with Crippen LogP contribution in [0, 0.1) is 5.92 Å². The fourth-order valence-corrected chi connectivity index (χ4v) is 3.28. The predicted molar refractivity (Wildman–Crippen MR) is 85.3 cm³/mol. The van der Waals surface area contributed by atoms with Gasteiger partial charge in [-0.25, -0.2) is 0 Å². The van der Waals surface area contributed by atoms with Gasteiger partial charge in [0.1, 0.15) is 5.75 Å². The fraction of sp³-hybridized carbons (Fsp3) is 0.667. The van der Waals surface area contributed by atoms with Gasteiger partial charge in [0.05, 0.1) is 7.11 Å². The van der Waals surface area contributed by atoms with Crippen LogP contribution < -0.4 is 10.1 Å². The van der Waals surface area contributed by atoms with Crippen molar-refractivity contribution in [1.29, 1.82) is 0 Å². The maximum absolute atomic E-state index is 5.21. The Morgan fingerprint density at radius 3 is 2.55 bits per heavy atom. The van der Waals surface area contributed by atoms with E-state index in [0.717, 1.165) is 18.1 Å². The first-order valence-corrected chi connectivity index (χ1v) is 8.08. The molecule has 1 aliphatic carbocycles. The second-order valence-electron chi connectivity index (χ2n) is 6.34. The van der Waals surface area contributed by atoms with Crippen LogP contribution in [0.25, 0.3) is 0 Å². The van der Waals surface area contributed by atoms with E-state index in [1.165, 1.54) is 37.7 Å². The fourth-order valence-electron chi connectivity index (χ4n) is 3.28. The first kappa shape index (κ1) is 15.4. The topological polar surface area (TPSA) is 21.3 Å². The molecule has 3 unspecified atom stereocenters. The van der Waals surface area contributed by atoms with Crippen molar-refractivity contribution >= 4 is 0 Å². The molecule has 1 aromatic rings. The zero-order valence-corrected chi connectivity index (χ0v) is 13.2. The van der Waals surface area contributed by atoms with Gasteiger partial charge in [-0.1, -0.05) is 38.3 Å². The van der Waals surface area contributed by atoms with Crippen LogP contribution in [0.2, 0.25) is 0 Å². The summed E-state index contributed by atoms with van der Waals surface area (Å²) >= 11 is 0. The highest BCUT2D eigenvalue weighted by molar-refractivity contribution is 5.27.